The summed E-state index contributed by atoms with van der Waals surface area (Å²) in [5.74, 6) is -0.522. The maximum absolute atomic E-state index is 13.1. The van der Waals surface area contributed by atoms with Gasteiger partial charge in [0.1, 0.15) is 19.3 Å². The van der Waals surface area contributed by atoms with Crippen molar-refractivity contribution < 1.29 is 80.2 Å². The Morgan fingerprint density at radius 2 is 0.465 bits per heavy atom. The molecule has 0 amide bonds. The Bertz CT molecular complexity index is 1910. The van der Waals surface area contributed by atoms with E-state index in [9.17, 15) is 43.2 Å². The van der Waals surface area contributed by atoms with E-state index in [2.05, 4.69) is 41.5 Å². The standard InChI is InChI=1S/C80H156O17P2/c1-7-9-11-13-15-17-18-19-20-21-24-29-34-39-45-51-57-63-78(83)91-69-76(97-80(85)64-58-52-46-40-35-30-25-22-23-27-32-37-42-48-54-60-72(3)4)71-95-99(88,89)93-67-74(81)66-92-98(86,87)94-70-75(68-90-77(82)62-56-50-44-16-14-12-10-8-2)96-79(84)65-59-53-47-41-36-31-26-28-33-38-43-49-55-61-73(5)6/h72-76,81H,7-71H2,1-6H3,(H,86,87)(H,88,89)/t74-,75+,76+/m0/s1. The van der Waals surface area contributed by atoms with Gasteiger partial charge in [0.05, 0.1) is 26.4 Å². The smallest absolute Gasteiger partial charge is 0.462 e. The van der Waals surface area contributed by atoms with Crippen LogP contribution in [0.15, 0.2) is 0 Å². The van der Waals surface area contributed by atoms with Crippen LogP contribution in [0.4, 0.5) is 0 Å². The summed E-state index contributed by atoms with van der Waals surface area (Å²) >= 11 is 0. The molecule has 0 bridgehead atoms. The number of esters is 4. The summed E-state index contributed by atoms with van der Waals surface area (Å²) in [4.78, 5) is 72.9. The highest BCUT2D eigenvalue weighted by atomic mass is 31.2. The molecule has 0 rings (SSSR count). The largest absolute Gasteiger partial charge is 0.472 e. The lowest BCUT2D eigenvalue weighted by Gasteiger charge is -2.21. The number of hydrogen-bond donors (Lipinski definition) is 3. The van der Waals surface area contributed by atoms with E-state index in [4.69, 9.17) is 37.0 Å². The number of hydrogen-bond acceptors (Lipinski definition) is 15. The SMILES string of the molecule is CCCCCCCCCCCCCCCCCCCC(=O)OC[C@H](COP(=O)(O)OC[C@@H](O)COP(=O)(O)OC[C@@H](COC(=O)CCCCCCCCCC)OC(=O)CCCCCCCCCCCCCCCC(C)C)OC(=O)CCCCCCCCCCCCCCCCCC(C)C. The van der Waals surface area contributed by atoms with E-state index in [0.717, 1.165) is 108 Å². The molecule has 5 atom stereocenters. The minimum atomic E-state index is -4.96. The second-order valence-corrected chi connectivity index (χ2v) is 32.7. The quantitative estimate of drug-likeness (QED) is 0.0222. The summed E-state index contributed by atoms with van der Waals surface area (Å²) in [5, 5.41) is 10.6. The van der Waals surface area contributed by atoms with Crippen LogP contribution in [-0.4, -0.2) is 96.7 Å². The third kappa shape index (κ3) is 74.1. The first-order valence-corrected chi connectivity index (χ1v) is 44.5. The second-order valence-electron chi connectivity index (χ2n) is 29.8. The molecule has 0 radical (unpaired) electrons. The molecule has 0 saturated heterocycles. The molecular formula is C80H156O17P2. The van der Waals surface area contributed by atoms with Crippen LogP contribution in [0.3, 0.4) is 0 Å². The molecule has 0 aliphatic heterocycles. The van der Waals surface area contributed by atoms with Crippen molar-refractivity contribution in [2.45, 2.75) is 439 Å². The number of aliphatic hydroxyl groups is 1. The fourth-order valence-electron chi connectivity index (χ4n) is 12.4. The van der Waals surface area contributed by atoms with E-state index in [1.165, 1.54) is 231 Å². The Hall–Kier alpha value is -1.94. The topological polar surface area (TPSA) is 237 Å². The lowest BCUT2D eigenvalue weighted by Crippen LogP contribution is -2.30. The van der Waals surface area contributed by atoms with Gasteiger partial charge in [-0.05, 0) is 37.5 Å². The van der Waals surface area contributed by atoms with Gasteiger partial charge in [-0.25, -0.2) is 9.13 Å². The zero-order valence-electron chi connectivity index (χ0n) is 64.8. The predicted molar refractivity (Wildman–Crippen MR) is 405 cm³/mol. The van der Waals surface area contributed by atoms with Crippen LogP contribution >= 0.6 is 15.6 Å². The van der Waals surface area contributed by atoms with Crippen molar-refractivity contribution in [3.8, 4) is 0 Å². The second kappa shape index (κ2) is 71.7. The number of carbonyl (C=O) groups excluding carboxylic acids is 4. The molecule has 0 aromatic carbocycles. The molecule has 0 aliphatic rings. The average molecular weight is 1450 g/mol. The summed E-state index contributed by atoms with van der Waals surface area (Å²) in [5.41, 5.74) is 0. The number of phosphoric acid groups is 2. The van der Waals surface area contributed by atoms with Crippen LogP contribution in [0.5, 0.6) is 0 Å². The maximum Gasteiger partial charge on any atom is 0.472 e. The number of phosphoric ester groups is 2. The number of unbranched alkanes of at least 4 members (excludes halogenated alkanes) is 49. The van der Waals surface area contributed by atoms with Crippen molar-refractivity contribution in [1.82, 2.24) is 0 Å². The minimum absolute atomic E-state index is 0.107. The Kier molecular flexibility index (Phi) is 70.3. The van der Waals surface area contributed by atoms with Crippen LogP contribution in [0.25, 0.3) is 0 Å². The van der Waals surface area contributed by atoms with Crippen molar-refractivity contribution in [2.24, 2.45) is 11.8 Å². The van der Waals surface area contributed by atoms with Gasteiger partial charge in [0, 0.05) is 25.7 Å². The molecule has 0 saturated carbocycles. The molecule has 0 aromatic rings. The van der Waals surface area contributed by atoms with Crippen LogP contribution in [-0.2, 0) is 65.4 Å². The highest BCUT2D eigenvalue weighted by Crippen LogP contribution is 2.45. The number of ether oxygens (including phenoxy) is 4. The van der Waals surface area contributed by atoms with Crippen LogP contribution in [0.1, 0.15) is 420 Å². The van der Waals surface area contributed by atoms with Crippen molar-refractivity contribution in [3.05, 3.63) is 0 Å². The lowest BCUT2D eigenvalue weighted by atomic mass is 10.0. The first-order chi connectivity index (χ1) is 47.9. The molecule has 0 heterocycles. The molecule has 0 fully saturated rings. The number of aliphatic hydroxyl groups excluding tert-OH is 1. The molecule has 588 valence electrons. The van der Waals surface area contributed by atoms with Crippen molar-refractivity contribution in [3.63, 3.8) is 0 Å². The van der Waals surface area contributed by atoms with Gasteiger partial charge in [0.2, 0.25) is 0 Å². The zero-order chi connectivity index (χ0) is 72.8. The van der Waals surface area contributed by atoms with Gasteiger partial charge in [0.15, 0.2) is 12.2 Å². The van der Waals surface area contributed by atoms with Gasteiger partial charge < -0.3 is 33.8 Å². The first kappa shape index (κ1) is 97.1. The van der Waals surface area contributed by atoms with Crippen LogP contribution < -0.4 is 0 Å². The van der Waals surface area contributed by atoms with E-state index in [0.29, 0.717) is 25.7 Å². The van der Waals surface area contributed by atoms with Crippen LogP contribution in [0, 0.1) is 11.8 Å². The molecule has 99 heavy (non-hydrogen) atoms. The minimum Gasteiger partial charge on any atom is -0.462 e. The van der Waals surface area contributed by atoms with Gasteiger partial charge in [-0.1, -0.05) is 369 Å². The molecule has 0 aliphatic carbocycles. The van der Waals surface area contributed by atoms with E-state index >= 15 is 0 Å². The third-order valence-electron chi connectivity index (χ3n) is 18.7. The van der Waals surface area contributed by atoms with Crippen LogP contribution in [0.2, 0.25) is 0 Å². The Labute approximate surface area is 607 Å². The van der Waals surface area contributed by atoms with E-state index in [1.54, 1.807) is 0 Å². The average Bonchev–Trinajstić information content (AvgIpc) is 1.19. The van der Waals surface area contributed by atoms with Crippen molar-refractivity contribution >= 4 is 39.5 Å². The van der Waals surface area contributed by atoms with Gasteiger partial charge in [-0.3, -0.25) is 37.3 Å². The zero-order valence-corrected chi connectivity index (χ0v) is 66.6. The van der Waals surface area contributed by atoms with E-state index in [1.807, 2.05) is 0 Å². The van der Waals surface area contributed by atoms with Gasteiger partial charge in [0.25, 0.3) is 0 Å². The first-order valence-electron chi connectivity index (χ1n) is 41.5. The normalized spacial score (nSPS) is 13.9. The molecule has 17 nitrogen and oxygen atoms in total. The van der Waals surface area contributed by atoms with E-state index < -0.39 is 97.5 Å². The Morgan fingerprint density at radius 3 is 0.687 bits per heavy atom. The third-order valence-corrected chi connectivity index (χ3v) is 20.6. The summed E-state index contributed by atoms with van der Waals surface area (Å²) in [6, 6.07) is 0. The summed E-state index contributed by atoms with van der Waals surface area (Å²) in [6.07, 6.45) is 61.1. The lowest BCUT2D eigenvalue weighted by molar-refractivity contribution is -0.161. The molecule has 0 aromatic heterocycles. The fraction of sp³-hybridized carbons (Fsp3) is 0.950. The van der Waals surface area contributed by atoms with Gasteiger partial charge in [-0.15, -0.1) is 0 Å². The van der Waals surface area contributed by atoms with Crippen molar-refractivity contribution in [1.29, 1.82) is 0 Å². The Morgan fingerprint density at radius 1 is 0.273 bits per heavy atom. The van der Waals surface area contributed by atoms with E-state index in [-0.39, 0.29) is 25.7 Å². The summed E-state index contributed by atoms with van der Waals surface area (Å²) in [6.45, 7) is 9.65. The number of rotatable bonds is 79. The molecular weight excluding hydrogens is 1290 g/mol. The predicted octanol–water partition coefficient (Wildman–Crippen LogP) is 23.9. The molecule has 19 heteroatoms. The highest BCUT2D eigenvalue weighted by Gasteiger charge is 2.30. The van der Waals surface area contributed by atoms with Gasteiger partial charge >= 0.3 is 39.5 Å². The van der Waals surface area contributed by atoms with Gasteiger partial charge in [-0.2, -0.15) is 0 Å². The molecule has 2 unspecified atom stereocenters. The fourth-order valence-corrected chi connectivity index (χ4v) is 13.9. The summed E-state index contributed by atoms with van der Waals surface area (Å²) < 4.78 is 68.6. The highest BCUT2D eigenvalue weighted by molar-refractivity contribution is 7.47. The monoisotopic (exact) mass is 1450 g/mol. The maximum atomic E-state index is 13.1. The molecule has 3 N–H and O–H groups in total. The number of carbonyl (C=O) groups is 4. The van der Waals surface area contributed by atoms with Crippen molar-refractivity contribution in [2.75, 3.05) is 39.6 Å². The summed E-state index contributed by atoms with van der Waals surface area (Å²) in [7, 11) is -9.91. The molecule has 0 spiro atoms. The Balaban J connectivity index is 5.21.